The highest BCUT2D eigenvalue weighted by molar-refractivity contribution is 5.90. The Hall–Kier alpha value is -2.61. The van der Waals surface area contributed by atoms with Crippen molar-refractivity contribution in [3.05, 3.63) is 82.4 Å². The maximum absolute atomic E-state index is 4.43. The van der Waals surface area contributed by atoms with Crippen LogP contribution in [0.3, 0.4) is 0 Å². The zero-order chi connectivity index (χ0) is 16.2. The summed E-state index contributed by atoms with van der Waals surface area (Å²) in [5.74, 6) is 0. The third-order valence-corrected chi connectivity index (χ3v) is 4.36. The second-order valence-corrected chi connectivity index (χ2v) is 6.08. The SMILES string of the molecule is CC1=C(C)CC(c2ccccc2C=NNc2ccccc2C)=C1. The third-order valence-electron chi connectivity index (χ3n) is 4.36. The highest BCUT2D eigenvalue weighted by Crippen LogP contribution is 2.33. The lowest BCUT2D eigenvalue weighted by Crippen LogP contribution is -1.96. The summed E-state index contributed by atoms with van der Waals surface area (Å²) in [6.07, 6.45) is 5.23. The van der Waals surface area contributed by atoms with E-state index in [0.717, 1.165) is 17.7 Å². The molecule has 0 bridgehead atoms. The first-order chi connectivity index (χ1) is 11.1. The molecule has 0 saturated carbocycles. The van der Waals surface area contributed by atoms with Crippen molar-refractivity contribution in [3.8, 4) is 0 Å². The Kier molecular flexibility index (Phi) is 4.42. The fourth-order valence-corrected chi connectivity index (χ4v) is 2.81. The summed E-state index contributed by atoms with van der Waals surface area (Å²) in [6, 6.07) is 16.6. The average molecular weight is 302 g/mol. The zero-order valence-corrected chi connectivity index (χ0v) is 13.9. The van der Waals surface area contributed by atoms with Gasteiger partial charge in [-0.1, -0.05) is 59.7 Å². The van der Waals surface area contributed by atoms with E-state index >= 15 is 0 Å². The molecule has 1 aliphatic carbocycles. The van der Waals surface area contributed by atoms with E-state index in [9.17, 15) is 0 Å². The smallest absolute Gasteiger partial charge is 0.0590 e. The lowest BCUT2D eigenvalue weighted by atomic mass is 9.98. The van der Waals surface area contributed by atoms with Crippen molar-refractivity contribution in [1.29, 1.82) is 0 Å². The number of nitrogens with zero attached hydrogens (tertiary/aromatic N) is 1. The van der Waals surface area contributed by atoms with Crippen molar-refractivity contribution < 1.29 is 0 Å². The lowest BCUT2D eigenvalue weighted by molar-refractivity contribution is 1.22. The number of para-hydroxylation sites is 1. The van der Waals surface area contributed by atoms with Crippen LogP contribution in [0.1, 0.15) is 37.0 Å². The molecule has 0 heterocycles. The number of hydrogen-bond acceptors (Lipinski definition) is 2. The van der Waals surface area contributed by atoms with Gasteiger partial charge in [0.2, 0.25) is 0 Å². The summed E-state index contributed by atoms with van der Waals surface area (Å²) in [5, 5.41) is 4.43. The van der Waals surface area contributed by atoms with Crippen LogP contribution < -0.4 is 5.43 Å². The number of anilines is 1. The van der Waals surface area contributed by atoms with Crippen molar-refractivity contribution in [2.75, 3.05) is 5.43 Å². The number of nitrogens with one attached hydrogen (secondary N) is 1. The molecule has 0 fully saturated rings. The van der Waals surface area contributed by atoms with E-state index in [4.69, 9.17) is 0 Å². The molecule has 2 aromatic rings. The minimum atomic E-state index is 1.03. The molecule has 2 nitrogen and oxygen atoms in total. The molecule has 1 N–H and O–H groups in total. The number of allylic oxidation sites excluding steroid dienone is 4. The van der Waals surface area contributed by atoms with Crippen molar-refractivity contribution in [2.45, 2.75) is 27.2 Å². The first-order valence-electron chi connectivity index (χ1n) is 7.96. The second kappa shape index (κ2) is 6.66. The predicted octanol–water partition coefficient (Wildman–Crippen LogP) is 5.56. The van der Waals surface area contributed by atoms with E-state index < -0.39 is 0 Å². The topological polar surface area (TPSA) is 24.4 Å². The molecule has 0 radical (unpaired) electrons. The molecule has 0 unspecified atom stereocenters. The van der Waals surface area contributed by atoms with E-state index in [1.54, 1.807) is 0 Å². The van der Waals surface area contributed by atoms with E-state index in [-0.39, 0.29) is 0 Å². The molecule has 0 spiro atoms. The Bertz CT molecular complexity index is 810. The van der Waals surface area contributed by atoms with Crippen LogP contribution in [0.2, 0.25) is 0 Å². The maximum atomic E-state index is 4.43. The van der Waals surface area contributed by atoms with Crippen LogP contribution >= 0.6 is 0 Å². The lowest BCUT2D eigenvalue weighted by Gasteiger charge is -2.08. The quantitative estimate of drug-likeness (QED) is 0.580. The minimum Gasteiger partial charge on any atom is -0.278 e. The summed E-state index contributed by atoms with van der Waals surface area (Å²) >= 11 is 0. The minimum absolute atomic E-state index is 1.03. The number of hydrogen-bond donors (Lipinski definition) is 1. The number of hydrazone groups is 1. The zero-order valence-electron chi connectivity index (χ0n) is 13.9. The van der Waals surface area contributed by atoms with Crippen LogP contribution in [-0.4, -0.2) is 6.21 Å². The van der Waals surface area contributed by atoms with Gasteiger partial charge in [-0.25, -0.2) is 0 Å². The van der Waals surface area contributed by atoms with E-state index in [0.29, 0.717) is 0 Å². The number of aryl methyl sites for hydroxylation is 1. The largest absolute Gasteiger partial charge is 0.278 e. The fraction of sp³-hybridized carbons (Fsp3) is 0.190. The van der Waals surface area contributed by atoms with Gasteiger partial charge >= 0.3 is 0 Å². The van der Waals surface area contributed by atoms with Gasteiger partial charge in [0, 0.05) is 5.56 Å². The summed E-state index contributed by atoms with van der Waals surface area (Å²) < 4.78 is 0. The molecule has 2 aromatic carbocycles. The normalized spacial score (nSPS) is 14.5. The van der Waals surface area contributed by atoms with Crippen LogP contribution in [0.5, 0.6) is 0 Å². The third kappa shape index (κ3) is 3.42. The van der Waals surface area contributed by atoms with Gasteiger partial charge in [0.05, 0.1) is 11.9 Å². The van der Waals surface area contributed by atoms with E-state index in [2.05, 4.69) is 67.7 Å². The molecule has 2 heteroatoms. The molecule has 3 rings (SSSR count). The van der Waals surface area contributed by atoms with Crippen LogP contribution in [0, 0.1) is 6.92 Å². The Morgan fingerprint density at radius 2 is 1.70 bits per heavy atom. The molecule has 116 valence electrons. The maximum Gasteiger partial charge on any atom is 0.0590 e. The van der Waals surface area contributed by atoms with Crippen LogP contribution in [0.15, 0.2) is 70.9 Å². The van der Waals surface area contributed by atoms with Gasteiger partial charge < -0.3 is 0 Å². The van der Waals surface area contributed by atoms with Gasteiger partial charge in [-0.2, -0.15) is 5.10 Å². The standard InChI is InChI=1S/C21H22N2/c1-15-8-4-7-11-21(15)23-22-14-18-9-5-6-10-20(18)19-12-16(2)17(3)13-19/h4-12,14,23H,13H2,1-3H3. The van der Waals surface area contributed by atoms with Crippen molar-refractivity contribution >= 4 is 17.5 Å². The molecule has 23 heavy (non-hydrogen) atoms. The van der Waals surface area contributed by atoms with Gasteiger partial charge in [0.1, 0.15) is 0 Å². The Labute approximate surface area is 138 Å². The molecule has 1 aliphatic rings. The molecule has 0 aromatic heterocycles. The van der Waals surface area contributed by atoms with Crippen LogP contribution in [0.4, 0.5) is 5.69 Å². The Morgan fingerprint density at radius 3 is 2.43 bits per heavy atom. The second-order valence-electron chi connectivity index (χ2n) is 6.08. The Morgan fingerprint density at radius 1 is 0.957 bits per heavy atom. The highest BCUT2D eigenvalue weighted by atomic mass is 15.3. The van der Waals surface area contributed by atoms with Crippen LogP contribution in [-0.2, 0) is 0 Å². The molecular weight excluding hydrogens is 280 g/mol. The molecule has 0 aliphatic heterocycles. The van der Waals surface area contributed by atoms with Gasteiger partial charge in [-0.05, 0) is 50.0 Å². The number of benzene rings is 2. The molecular formula is C21H22N2. The van der Waals surface area contributed by atoms with Crippen molar-refractivity contribution in [1.82, 2.24) is 0 Å². The monoisotopic (exact) mass is 302 g/mol. The molecule has 0 saturated heterocycles. The highest BCUT2D eigenvalue weighted by Gasteiger charge is 2.13. The first-order valence-corrected chi connectivity index (χ1v) is 7.96. The molecule has 0 atom stereocenters. The summed E-state index contributed by atoms with van der Waals surface area (Å²) in [7, 11) is 0. The first kappa shape index (κ1) is 15.3. The van der Waals surface area contributed by atoms with Gasteiger partial charge in [0.25, 0.3) is 0 Å². The van der Waals surface area contributed by atoms with E-state index in [1.165, 1.54) is 27.8 Å². The predicted molar refractivity (Wildman–Crippen MR) is 99.8 cm³/mol. The summed E-state index contributed by atoms with van der Waals surface area (Å²) in [6.45, 7) is 6.46. The fourth-order valence-electron chi connectivity index (χ4n) is 2.81. The summed E-state index contributed by atoms with van der Waals surface area (Å²) in [4.78, 5) is 0. The molecule has 0 amide bonds. The van der Waals surface area contributed by atoms with E-state index in [1.807, 2.05) is 24.4 Å². The van der Waals surface area contributed by atoms with Crippen molar-refractivity contribution in [2.24, 2.45) is 5.10 Å². The van der Waals surface area contributed by atoms with Gasteiger partial charge in [-0.15, -0.1) is 0 Å². The van der Waals surface area contributed by atoms with Gasteiger partial charge in [-0.3, -0.25) is 5.43 Å². The van der Waals surface area contributed by atoms with Gasteiger partial charge in [0.15, 0.2) is 0 Å². The van der Waals surface area contributed by atoms with Crippen molar-refractivity contribution in [3.63, 3.8) is 0 Å². The number of rotatable bonds is 4. The Balaban J connectivity index is 1.81. The summed E-state index contributed by atoms with van der Waals surface area (Å²) in [5.41, 5.74) is 12.0. The average Bonchev–Trinajstić information content (AvgIpc) is 2.89. The van der Waals surface area contributed by atoms with Crippen LogP contribution in [0.25, 0.3) is 5.57 Å².